The molecule has 2 amide bonds. The molecule has 3 aromatic rings. The maximum Gasteiger partial charge on any atom is 0.256 e. The normalized spacial score (nSPS) is 13.1. The summed E-state index contributed by atoms with van der Waals surface area (Å²) in [6.45, 7) is 0.748. The quantitative estimate of drug-likeness (QED) is 0.731. The number of nitrogens with one attached hydrogen (secondary N) is 2. The van der Waals surface area contributed by atoms with Crippen molar-refractivity contribution in [3.05, 3.63) is 82.5 Å². The summed E-state index contributed by atoms with van der Waals surface area (Å²) < 4.78 is 26.1. The Kier molecular flexibility index (Phi) is 4.60. The number of hydrogen-bond acceptors (Lipinski definition) is 3. The van der Waals surface area contributed by atoms with Gasteiger partial charge in [0.15, 0.2) is 5.82 Å². The second-order valence-corrected chi connectivity index (χ2v) is 6.47. The molecule has 2 N–H and O–H groups in total. The number of benzene rings is 2. The Hall–Kier alpha value is -3.55. The first-order valence-electron chi connectivity index (χ1n) is 8.69. The number of rotatable bonds is 3. The fourth-order valence-corrected chi connectivity index (χ4v) is 3.13. The lowest BCUT2D eigenvalue weighted by atomic mass is 10.1. The van der Waals surface area contributed by atoms with Gasteiger partial charge in [-0.2, -0.15) is 5.10 Å². The van der Waals surface area contributed by atoms with Crippen LogP contribution in [0.1, 0.15) is 32.0 Å². The van der Waals surface area contributed by atoms with E-state index in [1.807, 2.05) is 0 Å². The molecule has 2 heterocycles. The summed E-state index contributed by atoms with van der Waals surface area (Å²) >= 11 is 0. The van der Waals surface area contributed by atoms with Crippen LogP contribution in [-0.4, -0.2) is 33.5 Å². The van der Waals surface area contributed by atoms with Crippen molar-refractivity contribution >= 4 is 17.6 Å². The number of H-pyrrole nitrogens is 1. The van der Waals surface area contributed by atoms with Crippen LogP contribution < -0.4 is 5.32 Å². The molecule has 0 saturated heterocycles. The van der Waals surface area contributed by atoms with Crippen molar-refractivity contribution in [3.8, 4) is 0 Å². The molecular formula is C20H16F2N4O2. The molecule has 0 spiro atoms. The van der Waals surface area contributed by atoms with Gasteiger partial charge in [0.2, 0.25) is 0 Å². The van der Waals surface area contributed by atoms with Gasteiger partial charge in [0.25, 0.3) is 11.8 Å². The lowest BCUT2D eigenvalue weighted by Crippen LogP contribution is -2.36. The van der Waals surface area contributed by atoms with Gasteiger partial charge in [0.05, 0.1) is 6.54 Å². The van der Waals surface area contributed by atoms with Gasteiger partial charge < -0.3 is 10.2 Å². The average molecular weight is 382 g/mol. The number of aromatic nitrogens is 2. The minimum absolute atomic E-state index is 0.220. The summed E-state index contributed by atoms with van der Waals surface area (Å²) in [5.74, 6) is -1.14. The van der Waals surface area contributed by atoms with Crippen LogP contribution in [-0.2, 0) is 13.0 Å². The molecule has 0 saturated carbocycles. The molecule has 0 radical (unpaired) electrons. The highest BCUT2D eigenvalue weighted by Gasteiger charge is 2.26. The fraction of sp³-hybridized carbons (Fsp3) is 0.150. The Balaban J connectivity index is 1.51. The van der Waals surface area contributed by atoms with Crippen LogP contribution in [0.2, 0.25) is 0 Å². The zero-order valence-corrected chi connectivity index (χ0v) is 14.7. The van der Waals surface area contributed by atoms with Gasteiger partial charge in [-0.1, -0.05) is 0 Å². The van der Waals surface area contributed by atoms with Gasteiger partial charge >= 0.3 is 0 Å². The zero-order valence-electron chi connectivity index (χ0n) is 14.7. The second-order valence-electron chi connectivity index (χ2n) is 6.47. The molecule has 1 aromatic heterocycles. The Morgan fingerprint density at radius 2 is 1.57 bits per heavy atom. The van der Waals surface area contributed by atoms with Crippen molar-refractivity contribution in [2.24, 2.45) is 0 Å². The number of carbonyl (C=O) groups excluding carboxylic acids is 2. The molecule has 1 aliphatic heterocycles. The predicted molar refractivity (Wildman–Crippen MR) is 97.8 cm³/mol. The summed E-state index contributed by atoms with van der Waals surface area (Å²) in [7, 11) is 0. The van der Waals surface area contributed by atoms with Crippen LogP contribution in [0, 0.1) is 11.6 Å². The van der Waals surface area contributed by atoms with Crippen LogP contribution in [0.4, 0.5) is 14.6 Å². The smallest absolute Gasteiger partial charge is 0.256 e. The first-order valence-corrected chi connectivity index (χ1v) is 8.69. The molecule has 0 unspecified atom stereocenters. The highest BCUT2D eigenvalue weighted by molar-refractivity contribution is 6.04. The molecule has 1 aliphatic rings. The van der Waals surface area contributed by atoms with Crippen molar-refractivity contribution in [3.63, 3.8) is 0 Å². The van der Waals surface area contributed by atoms with Gasteiger partial charge in [-0.25, -0.2) is 8.78 Å². The molecule has 8 heteroatoms. The number of aromatic amines is 1. The molecule has 28 heavy (non-hydrogen) atoms. The highest BCUT2D eigenvalue weighted by Crippen LogP contribution is 2.25. The van der Waals surface area contributed by atoms with Crippen LogP contribution in [0.25, 0.3) is 0 Å². The first-order chi connectivity index (χ1) is 13.5. The molecule has 4 rings (SSSR count). The SMILES string of the molecule is O=C(Nc1n[nH]c2c1CN(C(=O)c1ccc(F)cc1)CC2)c1ccc(F)cc1. The van der Waals surface area contributed by atoms with E-state index in [2.05, 4.69) is 15.5 Å². The highest BCUT2D eigenvalue weighted by atomic mass is 19.1. The minimum Gasteiger partial charge on any atom is -0.334 e. The van der Waals surface area contributed by atoms with E-state index in [-0.39, 0.29) is 12.5 Å². The maximum absolute atomic E-state index is 13.1. The largest absolute Gasteiger partial charge is 0.334 e. The fourth-order valence-electron chi connectivity index (χ4n) is 3.13. The number of carbonyl (C=O) groups is 2. The van der Waals surface area contributed by atoms with Crippen molar-refractivity contribution in [2.75, 3.05) is 11.9 Å². The number of hydrogen-bond donors (Lipinski definition) is 2. The Labute approximate surface area is 159 Å². The van der Waals surface area contributed by atoms with Crippen LogP contribution in [0.5, 0.6) is 0 Å². The summed E-state index contributed by atoms with van der Waals surface area (Å²) in [5, 5.41) is 9.73. The third-order valence-corrected chi connectivity index (χ3v) is 4.65. The van der Waals surface area contributed by atoms with Crippen molar-refractivity contribution in [2.45, 2.75) is 13.0 Å². The molecular weight excluding hydrogens is 366 g/mol. The van der Waals surface area contributed by atoms with Gasteiger partial charge in [0.1, 0.15) is 11.6 Å². The first kappa shape index (κ1) is 17.8. The van der Waals surface area contributed by atoms with Gasteiger partial charge in [-0.05, 0) is 48.5 Å². The Morgan fingerprint density at radius 3 is 2.21 bits per heavy atom. The molecule has 0 bridgehead atoms. The molecule has 6 nitrogen and oxygen atoms in total. The average Bonchev–Trinajstić information content (AvgIpc) is 3.10. The van der Waals surface area contributed by atoms with E-state index in [1.54, 1.807) is 4.90 Å². The maximum atomic E-state index is 13.1. The van der Waals surface area contributed by atoms with E-state index >= 15 is 0 Å². The Morgan fingerprint density at radius 1 is 0.964 bits per heavy atom. The standard InChI is InChI=1S/C20H16F2N4O2/c21-14-5-1-12(2-6-14)19(27)23-18-16-11-26(10-9-17(16)24-25-18)20(28)13-3-7-15(22)8-4-13/h1-8H,9-11H2,(H2,23,24,25,27). The number of halogens is 2. The van der Waals surface area contributed by atoms with Gasteiger partial charge in [0, 0.05) is 35.3 Å². The third kappa shape index (κ3) is 3.48. The number of amides is 2. The summed E-state index contributed by atoms with van der Waals surface area (Å²) in [4.78, 5) is 26.7. The molecule has 2 aromatic carbocycles. The molecule has 0 aliphatic carbocycles. The van der Waals surface area contributed by atoms with E-state index in [9.17, 15) is 18.4 Å². The monoisotopic (exact) mass is 382 g/mol. The lowest BCUT2D eigenvalue weighted by Gasteiger charge is -2.27. The van der Waals surface area contributed by atoms with Crippen molar-refractivity contribution < 1.29 is 18.4 Å². The summed E-state index contributed by atoms with van der Waals surface area (Å²) in [6, 6.07) is 10.6. The number of anilines is 1. The van der Waals surface area contributed by atoms with E-state index in [0.29, 0.717) is 29.9 Å². The Bertz CT molecular complexity index is 1030. The predicted octanol–water partition coefficient (Wildman–Crippen LogP) is 3.14. The third-order valence-electron chi connectivity index (χ3n) is 4.65. The van der Waals surface area contributed by atoms with Crippen LogP contribution in [0.15, 0.2) is 48.5 Å². The van der Waals surface area contributed by atoms with E-state index in [0.717, 1.165) is 11.3 Å². The lowest BCUT2D eigenvalue weighted by molar-refractivity contribution is 0.0734. The molecule has 0 atom stereocenters. The van der Waals surface area contributed by atoms with Crippen LogP contribution >= 0.6 is 0 Å². The van der Waals surface area contributed by atoms with Crippen molar-refractivity contribution in [1.82, 2.24) is 15.1 Å². The number of nitrogens with zero attached hydrogens (tertiary/aromatic N) is 2. The molecule has 142 valence electrons. The van der Waals surface area contributed by atoms with E-state index in [1.165, 1.54) is 48.5 Å². The molecule has 0 fully saturated rings. The second kappa shape index (κ2) is 7.22. The van der Waals surface area contributed by atoms with E-state index < -0.39 is 17.5 Å². The van der Waals surface area contributed by atoms with Crippen LogP contribution in [0.3, 0.4) is 0 Å². The van der Waals surface area contributed by atoms with Gasteiger partial charge in [-0.15, -0.1) is 0 Å². The van der Waals surface area contributed by atoms with Gasteiger partial charge in [-0.3, -0.25) is 14.7 Å². The minimum atomic E-state index is -0.427. The zero-order chi connectivity index (χ0) is 19.7. The summed E-state index contributed by atoms with van der Waals surface area (Å²) in [6.07, 6.45) is 0.557. The van der Waals surface area contributed by atoms with E-state index in [4.69, 9.17) is 0 Å². The van der Waals surface area contributed by atoms with Crippen molar-refractivity contribution in [1.29, 1.82) is 0 Å². The summed E-state index contributed by atoms with van der Waals surface area (Å²) in [5.41, 5.74) is 2.26. The number of fused-ring (bicyclic) bond motifs is 1. The topological polar surface area (TPSA) is 78.1 Å².